The van der Waals surface area contributed by atoms with E-state index in [0.717, 1.165) is 13.1 Å². The van der Waals surface area contributed by atoms with Crippen molar-refractivity contribution in [3.63, 3.8) is 0 Å². The van der Waals surface area contributed by atoms with Gasteiger partial charge in [-0.3, -0.25) is 0 Å². The maximum atomic E-state index is 8.55. The van der Waals surface area contributed by atoms with Gasteiger partial charge < -0.3 is 16.3 Å². The van der Waals surface area contributed by atoms with Gasteiger partial charge in [0, 0.05) is 13.0 Å². The normalized spacial score (nSPS) is 19.8. The molecule has 0 bridgehead atoms. The van der Waals surface area contributed by atoms with Crippen molar-refractivity contribution in [2.45, 2.75) is 46.5 Å². The smallest absolute Gasteiger partial charge is 0.139 e. The lowest BCUT2D eigenvalue weighted by molar-refractivity contribution is 0.313. The number of amidine groups is 1. The van der Waals surface area contributed by atoms with Crippen LogP contribution in [0.4, 0.5) is 0 Å². The maximum absolute atomic E-state index is 8.55. The molecule has 0 spiro atoms. The van der Waals surface area contributed by atoms with Gasteiger partial charge in [0.25, 0.3) is 0 Å². The molecule has 4 heteroatoms. The largest absolute Gasteiger partial charge is 0.409 e. The van der Waals surface area contributed by atoms with Crippen LogP contribution in [0.5, 0.6) is 0 Å². The summed E-state index contributed by atoms with van der Waals surface area (Å²) < 4.78 is 0. The van der Waals surface area contributed by atoms with Gasteiger partial charge in [-0.25, -0.2) is 0 Å². The van der Waals surface area contributed by atoms with E-state index in [9.17, 15) is 0 Å². The number of hydrogen-bond acceptors (Lipinski definition) is 3. The number of nitrogens with zero attached hydrogens (tertiary/aromatic N) is 1. The quantitative estimate of drug-likeness (QED) is 0.213. The summed E-state index contributed by atoms with van der Waals surface area (Å²) in [6.45, 7) is 8.77. The van der Waals surface area contributed by atoms with Crippen LogP contribution in [-0.2, 0) is 0 Å². The van der Waals surface area contributed by atoms with Crippen LogP contribution in [0.3, 0.4) is 0 Å². The molecule has 0 atom stereocenters. The Kier molecular flexibility index (Phi) is 4.19. The highest BCUT2D eigenvalue weighted by Gasteiger charge is 2.42. The molecule has 0 aromatic carbocycles. The van der Waals surface area contributed by atoms with E-state index < -0.39 is 0 Å². The van der Waals surface area contributed by atoms with Crippen LogP contribution in [0.1, 0.15) is 46.5 Å². The molecule has 4 N–H and O–H groups in total. The van der Waals surface area contributed by atoms with Crippen molar-refractivity contribution in [2.75, 3.05) is 13.1 Å². The molecule has 0 heterocycles. The summed E-state index contributed by atoms with van der Waals surface area (Å²) in [5, 5.41) is 15.1. The van der Waals surface area contributed by atoms with E-state index in [2.05, 4.69) is 31.2 Å². The Balaban J connectivity index is 2.18. The molecular weight excluding hydrogens is 202 g/mol. The van der Waals surface area contributed by atoms with E-state index in [0.29, 0.717) is 17.7 Å². The predicted molar refractivity (Wildman–Crippen MR) is 66.6 cm³/mol. The second-order valence-electron chi connectivity index (χ2n) is 6.26. The van der Waals surface area contributed by atoms with Crippen LogP contribution in [0.15, 0.2) is 5.16 Å². The first-order valence-corrected chi connectivity index (χ1v) is 6.04. The topological polar surface area (TPSA) is 70.6 Å². The van der Waals surface area contributed by atoms with E-state index >= 15 is 0 Å². The minimum Gasteiger partial charge on any atom is -0.409 e. The number of nitrogens with one attached hydrogen (secondary N) is 1. The Labute approximate surface area is 98.3 Å². The predicted octanol–water partition coefficient (Wildman–Crippen LogP) is 1.93. The van der Waals surface area contributed by atoms with Crippen LogP contribution in [0, 0.1) is 10.8 Å². The molecule has 94 valence electrons. The average molecular weight is 227 g/mol. The molecule has 0 radical (unpaired) electrons. The summed E-state index contributed by atoms with van der Waals surface area (Å²) in [5.41, 5.74) is 6.20. The van der Waals surface area contributed by atoms with E-state index in [1.165, 1.54) is 19.3 Å². The van der Waals surface area contributed by atoms with Crippen LogP contribution >= 0.6 is 0 Å². The van der Waals surface area contributed by atoms with Gasteiger partial charge in [0.05, 0.1) is 0 Å². The lowest BCUT2D eigenvalue weighted by atomic mass is 9.92. The van der Waals surface area contributed by atoms with E-state index in [4.69, 9.17) is 10.9 Å². The molecule has 0 saturated heterocycles. The summed E-state index contributed by atoms with van der Waals surface area (Å²) in [5.74, 6) is 0.357. The number of nitrogens with two attached hydrogens (primary N) is 1. The van der Waals surface area contributed by atoms with Crippen molar-refractivity contribution < 1.29 is 5.21 Å². The molecular formula is C12H25N3O. The molecule has 0 aromatic heterocycles. The summed E-state index contributed by atoms with van der Waals surface area (Å²) >= 11 is 0. The van der Waals surface area contributed by atoms with Crippen molar-refractivity contribution in [3.05, 3.63) is 0 Å². The van der Waals surface area contributed by atoms with Gasteiger partial charge >= 0.3 is 0 Å². The molecule has 0 amide bonds. The molecule has 1 saturated carbocycles. The zero-order valence-electron chi connectivity index (χ0n) is 10.7. The second-order valence-corrected chi connectivity index (χ2v) is 6.26. The zero-order chi connectivity index (χ0) is 12.2. The Bertz CT molecular complexity index is 251. The first-order chi connectivity index (χ1) is 7.37. The van der Waals surface area contributed by atoms with E-state index in [1.807, 2.05) is 0 Å². The Morgan fingerprint density at radius 1 is 1.44 bits per heavy atom. The molecule has 0 unspecified atom stereocenters. The number of hydrogen-bond donors (Lipinski definition) is 3. The van der Waals surface area contributed by atoms with E-state index in [-0.39, 0.29) is 5.41 Å². The van der Waals surface area contributed by atoms with Crippen molar-refractivity contribution in [1.29, 1.82) is 0 Å². The van der Waals surface area contributed by atoms with Crippen molar-refractivity contribution in [2.24, 2.45) is 21.7 Å². The van der Waals surface area contributed by atoms with Gasteiger partial charge in [0.15, 0.2) is 0 Å². The van der Waals surface area contributed by atoms with Crippen LogP contribution in [-0.4, -0.2) is 24.1 Å². The minimum absolute atomic E-state index is 0.272. The zero-order valence-corrected chi connectivity index (χ0v) is 10.7. The molecule has 1 fully saturated rings. The van der Waals surface area contributed by atoms with Crippen molar-refractivity contribution in [1.82, 2.24) is 5.32 Å². The van der Waals surface area contributed by atoms with Gasteiger partial charge in [-0.15, -0.1) is 0 Å². The van der Waals surface area contributed by atoms with Crippen molar-refractivity contribution >= 4 is 5.84 Å². The molecule has 1 rings (SSSR count). The van der Waals surface area contributed by atoms with Gasteiger partial charge in [0.2, 0.25) is 0 Å². The summed E-state index contributed by atoms with van der Waals surface area (Å²) in [4.78, 5) is 0. The standard InChI is InChI=1S/C12H25N3O/c1-11(2,3)6-7-14-9-12(4-5-12)8-10(13)15-16/h14,16H,4-9H2,1-3H3,(H2,13,15). The van der Waals surface area contributed by atoms with Gasteiger partial charge in [0.1, 0.15) is 5.84 Å². The monoisotopic (exact) mass is 227 g/mol. The Morgan fingerprint density at radius 3 is 2.50 bits per heavy atom. The number of rotatable bonds is 6. The Hall–Kier alpha value is -0.770. The van der Waals surface area contributed by atoms with Crippen molar-refractivity contribution in [3.8, 4) is 0 Å². The highest BCUT2D eigenvalue weighted by atomic mass is 16.4. The minimum atomic E-state index is 0.272. The first-order valence-electron chi connectivity index (χ1n) is 6.04. The summed E-state index contributed by atoms with van der Waals surface area (Å²) in [6, 6.07) is 0. The third kappa shape index (κ3) is 4.84. The van der Waals surface area contributed by atoms with Gasteiger partial charge in [-0.05, 0) is 36.6 Å². The highest BCUT2D eigenvalue weighted by Crippen LogP contribution is 2.48. The third-order valence-corrected chi connectivity index (χ3v) is 3.19. The van der Waals surface area contributed by atoms with Gasteiger partial charge in [-0.1, -0.05) is 25.9 Å². The molecule has 0 aliphatic heterocycles. The lowest BCUT2D eigenvalue weighted by Gasteiger charge is -2.20. The third-order valence-electron chi connectivity index (χ3n) is 3.19. The molecule has 16 heavy (non-hydrogen) atoms. The summed E-state index contributed by atoms with van der Waals surface area (Å²) in [7, 11) is 0. The maximum Gasteiger partial charge on any atom is 0.139 e. The summed E-state index contributed by atoms with van der Waals surface area (Å²) in [6.07, 6.45) is 4.26. The first kappa shape index (κ1) is 13.3. The molecule has 1 aliphatic carbocycles. The fourth-order valence-corrected chi connectivity index (χ4v) is 1.83. The Morgan fingerprint density at radius 2 is 2.06 bits per heavy atom. The molecule has 0 aromatic rings. The number of oxime groups is 1. The van der Waals surface area contributed by atoms with Crippen LogP contribution in [0.2, 0.25) is 0 Å². The fourth-order valence-electron chi connectivity index (χ4n) is 1.83. The second kappa shape index (κ2) is 5.04. The fraction of sp³-hybridized carbons (Fsp3) is 0.917. The van der Waals surface area contributed by atoms with Crippen LogP contribution in [0.25, 0.3) is 0 Å². The molecule has 1 aliphatic rings. The van der Waals surface area contributed by atoms with Crippen LogP contribution < -0.4 is 11.1 Å². The van der Waals surface area contributed by atoms with E-state index in [1.54, 1.807) is 0 Å². The highest BCUT2D eigenvalue weighted by molar-refractivity contribution is 5.80. The van der Waals surface area contributed by atoms with Gasteiger partial charge in [-0.2, -0.15) is 0 Å². The lowest BCUT2D eigenvalue weighted by Crippen LogP contribution is -2.30. The average Bonchev–Trinajstić information content (AvgIpc) is 2.92. The SMILES string of the molecule is CC(C)(C)CCNCC1(CC(N)=NO)CC1. The molecule has 4 nitrogen and oxygen atoms in total.